The third-order valence-electron chi connectivity index (χ3n) is 5.38. The number of anilines is 2. The van der Waals surface area contributed by atoms with Crippen LogP contribution in [0.25, 0.3) is 0 Å². The molecule has 3 aromatic carbocycles. The van der Waals surface area contributed by atoms with Gasteiger partial charge in [0.05, 0.1) is 18.9 Å². The number of benzene rings is 3. The molecule has 11 heteroatoms. The maximum absolute atomic E-state index is 13.4. The topological polar surface area (TPSA) is 126 Å². The molecule has 1 atom stereocenters. The van der Waals surface area contributed by atoms with Crippen molar-refractivity contribution in [3.05, 3.63) is 84.4 Å². The molecule has 0 aliphatic rings. The van der Waals surface area contributed by atoms with E-state index >= 15 is 0 Å². The van der Waals surface area contributed by atoms with E-state index < -0.39 is 28.2 Å². The number of likely N-dealkylation sites (N-methyl/N-ethyl adjacent to an activating group) is 1. The molecule has 0 heterocycles. The molecule has 0 fully saturated rings. The molecular formula is C27H32N4O6S. The molecule has 0 aromatic heterocycles. The molecule has 3 amide bonds. The Kier molecular flexibility index (Phi) is 9.55. The number of nitrogens with zero attached hydrogens (tertiary/aromatic N) is 1. The average molecular weight is 541 g/mol. The summed E-state index contributed by atoms with van der Waals surface area (Å²) in [6.07, 6.45) is 0.122. The van der Waals surface area contributed by atoms with Crippen LogP contribution >= 0.6 is 0 Å². The number of rotatable bonds is 11. The number of carbonyl (C=O) groups is 2. The Hall–Kier alpha value is -4.25. The molecule has 3 rings (SSSR count). The fourth-order valence-electron chi connectivity index (χ4n) is 3.58. The molecular weight excluding hydrogens is 508 g/mol. The first-order valence-corrected chi connectivity index (χ1v) is 13.4. The van der Waals surface area contributed by atoms with Crippen molar-refractivity contribution < 1.29 is 27.5 Å². The Morgan fingerprint density at radius 2 is 1.50 bits per heavy atom. The molecule has 0 saturated heterocycles. The lowest BCUT2D eigenvalue weighted by Gasteiger charge is -2.25. The van der Waals surface area contributed by atoms with E-state index in [0.717, 1.165) is 5.56 Å². The quantitative estimate of drug-likeness (QED) is 0.340. The fraction of sp³-hybridized carbons (Fsp3) is 0.259. The number of urea groups is 1. The van der Waals surface area contributed by atoms with Crippen molar-refractivity contribution in [3.8, 4) is 11.5 Å². The SMILES string of the molecule is COc1ccc(N(C)C(=O)[C@H](Cc2ccccc2)NC(=O)NS(=O)(=O)Nc2ccc(OC(C)C)cc2)cc1. The summed E-state index contributed by atoms with van der Waals surface area (Å²) in [6, 6.07) is 20.1. The van der Waals surface area contributed by atoms with Crippen molar-refractivity contribution in [2.24, 2.45) is 0 Å². The number of nitrogens with one attached hydrogen (secondary N) is 3. The van der Waals surface area contributed by atoms with Crippen molar-refractivity contribution in [2.45, 2.75) is 32.4 Å². The van der Waals surface area contributed by atoms with Gasteiger partial charge in [-0.1, -0.05) is 30.3 Å². The normalized spacial score (nSPS) is 11.8. The first-order chi connectivity index (χ1) is 18.1. The highest BCUT2D eigenvalue weighted by atomic mass is 32.2. The van der Waals surface area contributed by atoms with Gasteiger partial charge >= 0.3 is 16.2 Å². The summed E-state index contributed by atoms with van der Waals surface area (Å²) in [5.41, 5.74) is 1.60. The van der Waals surface area contributed by atoms with Gasteiger partial charge in [0.15, 0.2) is 0 Å². The van der Waals surface area contributed by atoms with Crippen LogP contribution in [0.15, 0.2) is 78.9 Å². The van der Waals surface area contributed by atoms with Crippen molar-refractivity contribution in [2.75, 3.05) is 23.8 Å². The molecule has 0 unspecified atom stereocenters. The average Bonchev–Trinajstić information content (AvgIpc) is 2.88. The maximum atomic E-state index is 13.4. The summed E-state index contributed by atoms with van der Waals surface area (Å²) in [5, 5.41) is 2.51. The molecule has 0 bridgehead atoms. The van der Waals surface area contributed by atoms with Crippen molar-refractivity contribution >= 4 is 33.5 Å². The summed E-state index contributed by atoms with van der Waals surface area (Å²) >= 11 is 0. The highest BCUT2D eigenvalue weighted by molar-refractivity contribution is 7.91. The third-order valence-corrected chi connectivity index (χ3v) is 6.34. The molecule has 202 valence electrons. The van der Waals surface area contributed by atoms with Crippen LogP contribution < -0.4 is 29.1 Å². The van der Waals surface area contributed by atoms with Crippen LogP contribution in [0.3, 0.4) is 0 Å². The minimum Gasteiger partial charge on any atom is -0.497 e. The van der Waals surface area contributed by atoms with Crippen LogP contribution in [0.2, 0.25) is 0 Å². The summed E-state index contributed by atoms with van der Waals surface area (Å²) in [5.74, 6) is 0.782. The Morgan fingerprint density at radius 1 is 0.895 bits per heavy atom. The summed E-state index contributed by atoms with van der Waals surface area (Å²) in [4.78, 5) is 27.5. The Morgan fingerprint density at radius 3 is 2.08 bits per heavy atom. The zero-order valence-electron chi connectivity index (χ0n) is 21.7. The standard InChI is InChI=1S/C27H32N4O6S/c1-19(2)37-24-14-10-21(11-15-24)29-38(34,35)30-27(33)28-25(18-20-8-6-5-7-9-20)26(32)31(3)22-12-16-23(36-4)17-13-22/h5-17,19,25,29H,18H2,1-4H3,(H2,28,30,33)/t25-/m0/s1. The first kappa shape index (κ1) is 28.3. The predicted molar refractivity (Wildman–Crippen MR) is 147 cm³/mol. The number of hydrogen-bond acceptors (Lipinski definition) is 6. The smallest absolute Gasteiger partial charge is 0.330 e. The molecule has 3 aromatic rings. The van der Waals surface area contributed by atoms with Gasteiger partial charge in [-0.3, -0.25) is 9.52 Å². The Balaban J connectivity index is 1.71. The van der Waals surface area contributed by atoms with Crippen LogP contribution in [0.5, 0.6) is 11.5 Å². The number of methoxy groups -OCH3 is 1. The molecule has 0 aliphatic heterocycles. The lowest BCUT2D eigenvalue weighted by Crippen LogP contribution is -2.53. The van der Waals surface area contributed by atoms with Crippen molar-refractivity contribution in [3.63, 3.8) is 0 Å². The van der Waals surface area contributed by atoms with Crippen molar-refractivity contribution in [1.82, 2.24) is 10.0 Å². The molecule has 10 nitrogen and oxygen atoms in total. The minimum absolute atomic E-state index is 0.0294. The zero-order valence-corrected chi connectivity index (χ0v) is 22.5. The van der Waals surface area contributed by atoms with Gasteiger partial charge in [-0.05, 0) is 67.9 Å². The lowest BCUT2D eigenvalue weighted by molar-refractivity contribution is -0.120. The molecule has 0 saturated carbocycles. The first-order valence-electron chi connectivity index (χ1n) is 11.9. The summed E-state index contributed by atoms with van der Waals surface area (Å²) in [6.45, 7) is 3.76. The number of ether oxygens (including phenoxy) is 2. The fourth-order valence-corrected chi connectivity index (χ4v) is 4.38. The van der Waals surface area contributed by atoms with Gasteiger partial charge in [0, 0.05) is 19.2 Å². The monoisotopic (exact) mass is 540 g/mol. The van der Waals surface area contributed by atoms with Gasteiger partial charge in [-0.15, -0.1) is 0 Å². The second-order valence-corrected chi connectivity index (χ2v) is 10.1. The van der Waals surface area contributed by atoms with Crippen molar-refractivity contribution in [1.29, 1.82) is 0 Å². The second kappa shape index (κ2) is 12.8. The predicted octanol–water partition coefficient (Wildman–Crippen LogP) is 3.71. The van der Waals surface area contributed by atoms with Gasteiger partial charge < -0.3 is 19.7 Å². The van der Waals surface area contributed by atoms with Gasteiger partial charge in [-0.2, -0.15) is 8.42 Å². The van der Waals surface area contributed by atoms with E-state index in [1.54, 1.807) is 50.6 Å². The van der Waals surface area contributed by atoms with Crippen LogP contribution in [-0.2, 0) is 21.4 Å². The highest BCUT2D eigenvalue weighted by Crippen LogP contribution is 2.20. The van der Waals surface area contributed by atoms with Crippen LogP contribution in [-0.4, -0.2) is 46.7 Å². The van der Waals surface area contributed by atoms with E-state index in [9.17, 15) is 18.0 Å². The van der Waals surface area contributed by atoms with Gasteiger partial charge in [0.2, 0.25) is 5.91 Å². The van der Waals surface area contributed by atoms with Crippen LogP contribution in [0.4, 0.5) is 16.2 Å². The minimum atomic E-state index is -4.29. The van der Waals surface area contributed by atoms with E-state index in [0.29, 0.717) is 17.2 Å². The Bertz CT molecular complexity index is 1310. The summed E-state index contributed by atoms with van der Waals surface area (Å²) in [7, 11) is -1.17. The van der Waals surface area contributed by atoms with Crippen LogP contribution in [0, 0.1) is 0 Å². The van der Waals surface area contributed by atoms with E-state index in [2.05, 4.69) is 10.0 Å². The third kappa shape index (κ3) is 8.41. The number of carbonyl (C=O) groups excluding carboxylic acids is 2. The van der Waals surface area contributed by atoms with E-state index in [-0.39, 0.29) is 18.2 Å². The molecule has 3 N–H and O–H groups in total. The maximum Gasteiger partial charge on any atom is 0.330 e. The second-order valence-electron chi connectivity index (χ2n) is 8.71. The highest BCUT2D eigenvalue weighted by Gasteiger charge is 2.27. The van der Waals surface area contributed by atoms with E-state index in [4.69, 9.17) is 9.47 Å². The van der Waals surface area contributed by atoms with E-state index in [1.807, 2.05) is 48.9 Å². The van der Waals surface area contributed by atoms with E-state index in [1.165, 1.54) is 17.0 Å². The molecule has 0 aliphatic carbocycles. The molecule has 0 spiro atoms. The molecule has 0 radical (unpaired) electrons. The zero-order chi connectivity index (χ0) is 27.7. The molecule has 38 heavy (non-hydrogen) atoms. The summed E-state index contributed by atoms with van der Waals surface area (Å²) < 4.78 is 40.0. The van der Waals surface area contributed by atoms with Crippen LogP contribution in [0.1, 0.15) is 19.4 Å². The number of amides is 3. The lowest BCUT2D eigenvalue weighted by atomic mass is 10.0. The Labute approximate surface area is 223 Å². The number of hydrogen-bond donors (Lipinski definition) is 3. The van der Waals surface area contributed by atoms with Gasteiger partial charge in [0.25, 0.3) is 0 Å². The van der Waals surface area contributed by atoms with Gasteiger partial charge in [-0.25, -0.2) is 9.52 Å². The van der Waals surface area contributed by atoms with Gasteiger partial charge in [0.1, 0.15) is 17.5 Å². The largest absolute Gasteiger partial charge is 0.497 e.